The van der Waals surface area contributed by atoms with Gasteiger partial charge >= 0.3 is 5.97 Å². The standard InChI is InChI=1S/C26H31NO4/c1-16(2)12-13-30-19-9-10-23-22(15-19)20-6-5-7-21(20)26(27-23)18-8-11-24(31-17(3)28)25(14-18)29-4/h5-6,8-11,14-16,20-21,26-27H,7,12-13H2,1-4H3. The van der Waals surface area contributed by atoms with Gasteiger partial charge in [0.1, 0.15) is 5.75 Å². The maximum Gasteiger partial charge on any atom is 0.308 e. The monoisotopic (exact) mass is 421 g/mol. The van der Waals surface area contributed by atoms with Crippen LogP contribution in [0.1, 0.15) is 56.7 Å². The molecule has 1 aliphatic heterocycles. The number of nitrogens with one attached hydrogen (secondary N) is 1. The lowest BCUT2D eigenvalue weighted by atomic mass is 9.77. The van der Waals surface area contributed by atoms with Crippen LogP contribution in [0.15, 0.2) is 48.6 Å². The van der Waals surface area contributed by atoms with E-state index in [0.717, 1.165) is 36.4 Å². The Bertz CT molecular complexity index is 981. The molecule has 0 amide bonds. The number of rotatable bonds is 7. The van der Waals surface area contributed by atoms with Crippen LogP contribution in [-0.4, -0.2) is 19.7 Å². The van der Waals surface area contributed by atoms with Gasteiger partial charge in [-0.25, -0.2) is 0 Å². The van der Waals surface area contributed by atoms with E-state index >= 15 is 0 Å². The number of fused-ring (bicyclic) bond motifs is 3. The van der Waals surface area contributed by atoms with Crippen LogP contribution in [0.3, 0.4) is 0 Å². The van der Waals surface area contributed by atoms with E-state index in [1.807, 2.05) is 24.3 Å². The van der Waals surface area contributed by atoms with Crippen LogP contribution in [0.2, 0.25) is 0 Å². The van der Waals surface area contributed by atoms with Gasteiger partial charge in [-0.15, -0.1) is 0 Å². The SMILES string of the molecule is COc1cc(C2Nc3ccc(OCCC(C)C)cc3C3C=CCC32)ccc1OC(C)=O. The second kappa shape index (κ2) is 9.04. The van der Waals surface area contributed by atoms with Crippen molar-refractivity contribution < 1.29 is 19.0 Å². The Morgan fingerprint density at radius 3 is 2.74 bits per heavy atom. The number of esters is 1. The van der Waals surface area contributed by atoms with Crippen molar-refractivity contribution in [2.24, 2.45) is 11.8 Å². The van der Waals surface area contributed by atoms with E-state index in [1.165, 1.54) is 12.5 Å². The highest BCUT2D eigenvalue weighted by atomic mass is 16.6. The van der Waals surface area contributed by atoms with Gasteiger partial charge in [-0.2, -0.15) is 0 Å². The predicted octanol–water partition coefficient (Wildman–Crippen LogP) is 5.87. The first-order chi connectivity index (χ1) is 15.0. The van der Waals surface area contributed by atoms with Crippen molar-refractivity contribution in [2.45, 2.75) is 45.6 Å². The van der Waals surface area contributed by atoms with E-state index in [4.69, 9.17) is 14.2 Å². The number of carbonyl (C=O) groups is 1. The normalized spacial score (nSPS) is 21.3. The van der Waals surface area contributed by atoms with Crippen molar-refractivity contribution in [3.8, 4) is 17.2 Å². The van der Waals surface area contributed by atoms with Crippen LogP contribution in [0, 0.1) is 11.8 Å². The largest absolute Gasteiger partial charge is 0.494 e. The molecule has 0 radical (unpaired) electrons. The maximum absolute atomic E-state index is 11.4. The first-order valence-corrected chi connectivity index (χ1v) is 11.0. The Hall–Kier alpha value is -2.95. The van der Waals surface area contributed by atoms with Gasteiger partial charge in [0.25, 0.3) is 0 Å². The van der Waals surface area contributed by atoms with E-state index in [0.29, 0.717) is 29.3 Å². The highest BCUT2D eigenvalue weighted by Gasteiger charge is 2.38. The fourth-order valence-electron chi connectivity index (χ4n) is 4.52. The van der Waals surface area contributed by atoms with Gasteiger partial charge in [0.2, 0.25) is 0 Å². The number of carbonyl (C=O) groups excluding carboxylic acids is 1. The van der Waals surface area contributed by atoms with Crippen molar-refractivity contribution >= 4 is 11.7 Å². The molecule has 0 spiro atoms. The third kappa shape index (κ3) is 4.55. The zero-order valence-electron chi connectivity index (χ0n) is 18.7. The minimum Gasteiger partial charge on any atom is -0.494 e. The Balaban J connectivity index is 1.60. The van der Waals surface area contributed by atoms with Gasteiger partial charge < -0.3 is 19.5 Å². The fraction of sp³-hybridized carbons (Fsp3) is 0.423. The second-order valence-electron chi connectivity index (χ2n) is 8.76. The van der Waals surface area contributed by atoms with E-state index < -0.39 is 0 Å². The van der Waals surface area contributed by atoms with Crippen LogP contribution in [0.25, 0.3) is 0 Å². The smallest absolute Gasteiger partial charge is 0.308 e. The summed E-state index contributed by atoms with van der Waals surface area (Å²) in [4.78, 5) is 11.4. The molecule has 5 nitrogen and oxygen atoms in total. The van der Waals surface area contributed by atoms with Gasteiger partial charge in [0, 0.05) is 18.5 Å². The average Bonchev–Trinajstić information content (AvgIpc) is 3.23. The number of hydrogen-bond acceptors (Lipinski definition) is 5. The van der Waals surface area contributed by atoms with Crippen molar-refractivity contribution in [3.63, 3.8) is 0 Å². The van der Waals surface area contributed by atoms with Crippen molar-refractivity contribution in [2.75, 3.05) is 19.0 Å². The summed E-state index contributed by atoms with van der Waals surface area (Å²) in [5.41, 5.74) is 3.55. The first kappa shape index (κ1) is 21.3. The van der Waals surface area contributed by atoms with Gasteiger partial charge in [0.05, 0.1) is 19.8 Å². The van der Waals surface area contributed by atoms with E-state index in [9.17, 15) is 4.79 Å². The lowest BCUT2D eigenvalue weighted by molar-refractivity contribution is -0.132. The average molecular weight is 422 g/mol. The van der Waals surface area contributed by atoms with Crippen LogP contribution in [0.4, 0.5) is 5.69 Å². The summed E-state index contributed by atoms with van der Waals surface area (Å²) in [6, 6.07) is 12.3. The molecule has 164 valence electrons. The third-order valence-corrected chi connectivity index (χ3v) is 6.10. The summed E-state index contributed by atoms with van der Waals surface area (Å²) in [6.45, 7) is 6.55. The zero-order valence-corrected chi connectivity index (χ0v) is 18.7. The number of ether oxygens (including phenoxy) is 3. The lowest BCUT2D eigenvalue weighted by Crippen LogP contribution is -2.29. The highest BCUT2D eigenvalue weighted by molar-refractivity contribution is 5.70. The van der Waals surface area contributed by atoms with Crippen LogP contribution < -0.4 is 19.5 Å². The summed E-state index contributed by atoms with van der Waals surface area (Å²) in [5.74, 6) is 2.97. The lowest BCUT2D eigenvalue weighted by Gasteiger charge is -2.37. The van der Waals surface area contributed by atoms with Crippen LogP contribution in [-0.2, 0) is 4.79 Å². The molecule has 0 saturated carbocycles. The molecule has 4 rings (SSSR count). The molecule has 2 aliphatic rings. The molecule has 3 unspecified atom stereocenters. The number of hydrogen-bond donors (Lipinski definition) is 1. The Morgan fingerprint density at radius 2 is 2.00 bits per heavy atom. The topological polar surface area (TPSA) is 56.8 Å². The summed E-state index contributed by atoms with van der Waals surface area (Å²) >= 11 is 0. The van der Waals surface area contributed by atoms with E-state index in [-0.39, 0.29) is 12.0 Å². The zero-order chi connectivity index (χ0) is 22.0. The molecular formula is C26H31NO4. The molecule has 3 atom stereocenters. The third-order valence-electron chi connectivity index (χ3n) is 6.10. The number of allylic oxidation sites excluding steroid dienone is 2. The van der Waals surface area contributed by atoms with Crippen LogP contribution >= 0.6 is 0 Å². The van der Waals surface area contributed by atoms with Gasteiger partial charge in [-0.3, -0.25) is 4.79 Å². The van der Waals surface area contributed by atoms with Crippen molar-refractivity contribution in [3.05, 3.63) is 59.7 Å². The molecule has 1 heterocycles. The van der Waals surface area contributed by atoms with Crippen LogP contribution in [0.5, 0.6) is 17.2 Å². The Labute approximate surface area is 184 Å². The molecule has 2 aromatic carbocycles. The highest BCUT2D eigenvalue weighted by Crippen LogP contribution is 2.51. The Kier molecular flexibility index (Phi) is 6.21. The number of anilines is 1. The molecule has 0 bridgehead atoms. The first-order valence-electron chi connectivity index (χ1n) is 11.0. The van der Waals surface area contributed by atoms with Gasteiger partial charge in [-0.05, 0) is 66.1 Å². The maximum atomic E-state index is 11.4. The van der Waals surface area contributed by atoms with Crippen molar-refractivity contribution in [1.82, 2.24) is 0 Å². The number of benzene rings is 2. The number of methoxy groups -OCH3 is 1. The fourth-order valence-corrected chi connectivity index (χ4v) is 4.52. The Morgan fingerprint density at radius 1 is 1.16 bits per heavy atom. The molecule has 0 aromatic heterocycles. The van der Waals surface area contributed by atoms with E-state index in [1.54, 1.807) is 7.11 Å². The van der Waals surface area contributed by atoms with Gasteiger partial charge in [-0.1, -0.05) is 32.1 Å². The minimum absolute atomic E-state index is 0.139. The molecular weight excluding hydrogens is 390 g/mol. The summed E-state index contributed by atoms with van der Waals surface area (Å²) in [5, 5.41) is 3.74. The van der Waals surface area contributed by atoms with Gasteiger partial charge in [0.15, 0.2) is 11.5 Å². The summed E-state index contributed by atoms with van der Waals surface area (Å²) in [6.07, 6.45) is 6.65. The summed E-state index contributed by atoms with van der Waals surface area (Å²) < 4.78 is 16.8. The molecule has 31 heavy (non-hydrogen) atoms. The molecule has 0 fully saturated rings. The van der Waals surface area contributed by atoms with Crippen molar-refractivity contribution in [1.29, 1.82) is 0 Å². The molecule has 2 aromatic rings. The quantitative estimate of drug-likeness (QED) is 0.344. The molecule has 1 N–H and O–H groups in total. The summed E-state index contributed by atoms with van der Waals surface area (Å²) in [7, 11) is 1.59. The minimum atomic E-state index is -0.359. The molecule has 0 saturated heterocycles. The molecule has 5 heteroatoms. The van der Waals surface area contributed by atoms with E-state index in [2.05, 4.69) is 43.4 Å². The predicted molar refractivity (Wildman–Crippen MR) is 122 cm³/mol. The molecule has 1 aliphatic carbocycles. The second-order valence-corrected chi connectivity index (χ2v) is 8.76.